The number of non-ortho nitro benzene ring substituents is 1. The Hall–Kier alpha value is -3.24. The van der Waals surface area contributed by atoms with Crippen molar-refractivity contribution in [1.82, 2.24) is 0 Å². The van der Waals surface area contributed by atoms with Crippen LogP contribution in [0.5, 0.6) is 0 Å². The minimum Gasteiger partial charge on any atom is -0.449 e. The predicted molar refractivity (Wildman–Crippen MR) is 99.7 cm³/mol. The van der Waals surface area contributed by atoms with Gasteiger partial charge in [-0.3, -0.25) is 25.0 Å². The largest absolute Gasteiger partial charge is 0.449 e. The first-order valence-corrected chi connectivity index (χ1v) is 8.25. The predicted octanol–water partition coefficient (Wildman–Crippen LogP) is 3.99. The molecule has 146 valence electrons. The van der Waals surface area contributed by atoms with Crippen molar-refractivity contribution in [2.24, 2.45) is 0 Å². The van der Waals surface area contributed by atoms with Crippen molar-refractivity contribution >= 4 is 52.1 Å². The molecule has 0 radical (unpaired) electrons. The molecule has 2 aromatic rings. The fourth-order valence-electron chi connectivity index (χ4n) is 2.06. The van der Waals surface area contributed by atoms with E-state index in [1.54, 1.807) is 0 Å². The summed E-state index contributed by atoms with van der Waals surface area (Å²) in [6.07, 6.45) is -1.35. The highest BCUT2D eigenvalue weighted by molar-refractivity contribution is 6.34. The summed E-state index contributed by atoms with van der Waals surface area (Å²) in [6, 6.07) is 6.73. The second-order valence-corrected chi connectivity index (χ2v) is 6.22. The number of hydrogen-bond donors (Lipinski definition) is 1. The zero-order chi connectivity index (χ0) is 21.0. The van der Waals surface area contributed by atoms with Gasteiger partial charge in [0.15, 0.2) is 6.10 Å². The molecule has 0 saturated carbocycles. The Kier molecular flexibility index (Phi) is 6.49. The molecule has 2 aromatic carbocycles. The van der Waals surface area contributed by atoms with Crippen LogP contribution in [0.25, 0.3) is 0 Å². The van der Waals surface area contributed by atoms with Crippen molar-refractivity contribution in [2.45, 2.75) is 13.0 Å². The summed E-state index contributed by atoms with van der Waals surface area (Å²) in [6.45, 7) is 1.24. The third kappa shape index (κ3) is 4.93. The van der Waals surface area contributed by atoms with Gasteiger partial charge in [0.2, 0.25) is 0 Å². The molecule has 1 unspecified atom stereocenters. The molecule has 0 heterocycles. The molecule has 0 aromatic heterocycles. The Labute approximate surface area is 167 Å². The van der Waals surface area contributed by atoms with Crippen molar-refractivity contribution in [1.29, 1.82) is 0 Å². The number of benzene rings is 2. The van der Waals surface area contributed by atoms with Gasteiger partial charge >= 0.3 is 5.97 Å². The summed E-state index contributed by atoms with van der Waals surface area (Å²) in [4.78, 5) is 44.7. The van der Waals surface area contributed by atoms with Crippen LogP contribution in [-0.4, -0.2) is 27.8 Å². The monoisotopic (exact) mass is 427 g/mol. The lowest BCUT2D eigenvalue weighted by molar-refractivity contribution is -0.385. The smallest absolute Gasteiger partial charge is 0.345 e. The normalized spacial score (nSPS) is 11.4. The van der Waals surface area contributed by atoms with Crippen LogP contribution in [0, 0.1) is 20.2 Å². The van der Waals surface area contributed by atoms with E-state index in [1.807, 2.05) is 0 Å². The lowest BCUT2D eigenvalue weighted by Gasteiger charge is -2.14. The van der Waals surface area contributed by atoms with Crippen LogP contribution in [0.3, 0.4) is 0 Å². The van der Waals surface area contributed by atoms with E-state index in [0.717, 1.165) is 24.3 Å². The quantitative estimate of drug-likeness (QED) is 0.416. The first kappa shape index (κ1) is 21.1. The number of amides is 1. The molecular weight excluding hydrogens is 417 g/mol. The summed E-state index contributed by atoms with van der Waals surface area (Å²) in [5, 5.41) is 24.1. The number of hydrogen-bond acceptors (Lipinski definition) is 7. The number of rotatable bonds is 6. The average Bonchev–Trinajstić information content (AvgIpc) is 2.62. The van der Waals surface area contributed by atoms with Gasteiger partial charge in [-0.1, -0.05) is 23.2 Å². The van der Waals surface area contributed by atoms with Crippen molar-refractivity contribution in [3.05, 3.63) is 72.2 Å². The Morgan fingerprint density at radius 3 is 2.32 bits per heavy atom. The van der Waals surface area contributed by atoms with E-state index in [1.165, 1.54) is 19.1 Å². The zero-order valence-corrected chi connectivity index (χ0v) is 15.6. The summed E-state index contributed by atoms with van der Waals surface area (Å²) < 4.78 is 4.95. The zero-order valence-electron chi connectivity index (χ0n) is 14.0. The topological polar surface area (TPSA) is 142 Å². The van der Waals surface area contributed by atoms with Gasteiger partial charge < -0.3 is 10.1 Å². The van der Waals surface area contributed by atoms with E-state index >= 15 is 0 Å². The fraction of sp³-hybridized carbons (Fsp3) is 0.125. The van der Waals surface area contributed by atoms with Gasteiger partial charge in [-0.15, -0.1) is 0 Å². The summed E-state index contributed by atoms with van der Waals surface area (Å²) in [5.74, 6) is -1.92. The van der Waals surface area contributed by atoms with Gasteiger partial charge in [-0.05, 0) is 25.1 Å². The minimum atomic E-state index is -1.35. The van der Waals surface area contributed by atoms with Gasteiger partial charge in [-0.25, -0.2) is 4.79 Å². The van der Waals surface area contributed by atoms with Crippen molar-refractivity contribution in [3.63, 3.8) is 0 Å². The van der Waals surface area contributed by atoms with Crippen LogP contribution in [0.2, 0.25) is 10.0 Å². The molecule has 0 saturated heterocycles. The van der Waals surface area contributed by atoms with Crippen LogP contribution in [0.15, 0.2) is 36.4 Å². The van der Waals surface area contributed by atoms with Crippen LogP contribution in [-0.2, 0) is 9.53 Å². The van der Waals surface area contributed by atoms with Crippen LogP contribution < -0.4 is 5.32 Å². The Bertz CT molecular complexity index is 981. The van der Waals surface area contributed by atoms with Crippen molar-refractivity contribution in [3.8, 4) is 0 Å². The molecule has 0 bridgehead atoms. The maximum absolute atomic E-state index is 12.2. The standard InChI is InChI=1S/C16H11Cl2N3O7/c1-8(15(22)19-13-4-3-10(20(24)25)7-12(13)18)28-16(23)11-6-9(17)2-5-14(11)21(26)27/h2-8H,1H3,(H,19,22). The SMILES string of the molecule is CC(OC(=O)c1cc(Cl)ccc1[N+](=O)[O-])C(=O)Nc1ccc([N+](=O)[O-])cc1Cl. The molecule has 0 aliphatic carbocycles. The first-order chi connectivity index (χ1) is 13.1. The summed E-state index contributed by atoms with van der Waals surface area (Å²) in [5.41, 5.74) is -1.14. The molecule has 12 heteroatoms. The van der Waals surface area contributed by atoms with E-state index in [-0.39, 0.29) is 21.4 Å². The number of nitrogens with zero attached hydrogens (tertiary/aromatic N) is 2. The van der Waals surface area contributed by atoms with Gasteiger partial charge in [0, 0.05) is 23.2 Å². The highest BCUT2D eigenvalue weighted by Gasteiger charge is 2.26. The van der Waals surface area contributed by atoms with Gasteiger partial charge in [0.05, 0.1) is 20.6 Å². The number of ether oxygens (including phenoxy) is 1. The highest BCUT2D eigenvalue weighted by atomic mass is 35.5. The number of esters is 1. The molecule has 1 amide bonds. The van der Waals surface area contributed by atoms with Crippen molar-refractivity contribution < 1.29 is 24.2 Å². The molecular formula is C16H11Cl2N3O7. The molecule has 0 aliphatic heterocycles. The maximum atomic E-state index is 12.2. The highest BCUT2D eigenvalue weighted by Crippen LogP contribution is 2.27. The lowest BCUT2D eigenvalue weighted by atomic mass is 10.2. The molecule has 10 nitrogen and oxygen atoms in total. The molecule has 28 heavy (non-hydrogen) atoms. The first-order valence-electron chi connectivity index (χ1n) is 7.50. The number of carbonyl (C=O) groups excluding carboxylic acids is 2. The van der Waals surface area contributed by atoms with E-state index in [0.29, 0.717) is 0 Å². The molecule has 0 fully saturated rings. The number of anilines is 1. The third-order valence-corrected chi connectivity index (χ3v) is 4.00. The van der Waals surface area contributed by atoms with Crippen LogP contribution >= 0.6 is 23.2 Å². The summed E-state index contributed by atoms with van der Waals surface area (Å²) >= 11 is 11.6. The second kappa shape index (κ2) is 8.63. The van der Waals surface area contributed by atoms with Gasteiger partial charge in [0.1, 0.15) is 5.56 Å². The van der Waals surface area contributed by atoms with Gasteiger partial charge in [0.25, 0.3) is 17.3 Å². The third-order valence-electron chi connectivity index (χ3n) is 3.45. The average molecular weight is 428 g/mol. The maximum Gasteiger partial charge on any atom is 0.345 e. The number of carbonyl (C=O) groups is 2. The molecule has 2 rings (SSSR count). The van der Waals surface area contributed by atoms with Crippen molar-refractivity contribution in [2.75, 3.05) is 5.32 Å². The van der Waals surface area contributed by atoms with Crippen LogP contribution in [0.4, 0.5) is 17.1 Å². The van der Waals surface area contributed by atoms with E-state index in [9.17, 15) is 29.8 Å². The fourth-order valence-corrected chi connectivity index (χ4v) is 2.46. The number of nitro groups is 2. The molecule has 1 N–H and O–H groups in total. The van der Waals surface area contributed by atoms with E-state index in [2.05, 4.69) is 5.32 Å². The molecule has 0 spiro atoms. The summed E-state index contributed by atoms with van der Waals surface area (Å²) in [7, 11) is 0. The Morgan fingerprint density at radius 2 is 1.75 bits per heavy atom. The Morgan fingerprint density at radius 1 is 1.07 bits per heavy atom. The van der Waals surface area contributed by atoms with Crippen LogP contribution in [0.1, 0.15) is 17.3 Å². The lowest BCUT2D eigenvalue weighted by Crippen LogP contribution is -2.30. The Balaban J connectivity index is 2.13. The number of halogens is 2. The van der Waals surface area contributed by atoms with Gasteiger partial charge in [-0.2, -0.15) is 0 Å². The minimum absolute atomic E-state index is 0.0638. The number of nitro benzene ring substituents is 2. The van der Waals surface area contributed by atoms with E-state index < -0.39 is 39.1 Å². The second-order valence-electron chi connectivity index (χ2n) is 5.38. The molecule has 1 atom stereocenters. The van der Waals surface area contributed by atoms with E-state index in [4.69, 9.17) is 27.9 Å². The number of nitrogens with one attached hydrogen (secondary N) is 1. The molecule has 0 aliphatic rings.